The summed E-state index contributed by atoms with van der Waals surface area (Å²) in [6, 6.07) is 0. The highest BCUT2D eigenvalue weighted by Gasteiger charge is 2.35. The first-order valence-corrected chi connectivity index (χ1v) is 6.16. The Kier molecular flexibility index (Phi) is 3.47. The first kappa shape index (κ1) is 11.2. The van der Waals surface area contributed by atoms with Gasteiger partial charge >= 0.3 is 0 Å². The largest absolute Gasteiger partial charge is 0.308 e. The summed E-state index contributed by atoms with van der Waals surface area (Å²) in [5.74, 6) is 2.76. The third kappa shape index (κ3) is 2.82. The second kappa shape index (κ2) is 4.67. The lowest BCUT2D eigenvalue weighted by Crippen LogP contribution is -2.33. The van der Waals surface area contributed by atoms with Crippen LogP contribution in [0.4, 0.5) is 0 Å². The molecule has 0 saturated heterocycles. The molecule has 0 aromatic heterocycles. The maximum Gasteiger partial charge on any atom is 0.0106 e. The summed E-state index contributed by atoms with van der Waals surface area (Å²) in [7, 11) is 6.56. The van der Waals surface area contributed by atoms with Gasteiger partial charge in [-0.1, -0.05) is 12.2 Å². The first-order valence-electron chi connectivity index (χ1n) is 6.16. The maximum atomic E-state index is 2.50. The predicted octanol–water partition coefficient (Wildman–Crippen LogP) is 1.69. The summed E-state index contributed by atoms with van der Waals surface area (Å²) in [5, 5.41) is 0. The van der Waals surface area contributed by atoms with E-state index in [9.17, 15) is 0 Å². The summed E-state index contributed by atoms with van der Waals surface area (Å²) >= 11 is 0. The van der Waals surface area contributed by atoms with Crippen LogP contribution in [0.15, 0.2) is 12.2 Å². The van der Waals surface area contributed by atoms with Gasteiger partial charge in [-0.05, 0) is 51.7 Å². The van der Waals surface area contributed by atoms with Crippen LogP contribution >= 0.6 is 0 Å². The molecule has 0 spiro atoms. The zero-order valence-corrected chi connectivity index (χ0v) is 10.3. The monoisotopic (exact) mass is 208 g/mol. The number of fused-ring (bicyclic) bond motifs is 2. The third-order valence-corrected chi connectivity index (χ3v) is 3.89. The molecule has 2 bridgehead atoms. The lowest BCUT2D eigenvalue weighted by molar-refractivity contribution is 0.231. The molecule has 15 heavy (non-hydrogen) atoms. The summed E-state index contributed by atoms with van der Waals surface area (Å²) in [6.07, 6.45) is 7.76. The van der Waals surface area contributed by atoms with Gasteiger partial charge in [-0.25, -0.2) is 0 Å². The summed E-state index contributed by atoms with van der Waals surface area (Å²) in [4.78, 5) is 4.76. The van der Waals surface area contributed by atoms with Gasteiger partial charge in [0.15, 0.2) is 0 Å². The second-order valence-electron chi connectivity index (χ2n) is 5.61. The highest BCUT2D eigenvalue weighted by molar-refractivity contribution is 5.10. The molecule has 2 nitrogen and oxygen atoms in total. The molecule has 2 aliphatic carbocycles. The molecule has 0 aliphatic heterocycles. The van der Waals surface area contributed by atoms with E-state index in [2.05, 4.69) is 43.1 Å². The van der Waals surface area contributed by atoms with E-state index in [4.69, 9.17) is 0 Å². The minimum absolute atomic E-state index is 0.900. The van der Waals surface area contributed by atoms with Gasteiger partial charge in [-0.3, -0.25) is 0 Å². The molecule has 0 unspecified atom stereocenters. The van der Waals surface area contributed by atoms with Crippen LogP contribution < -0.4 is 0 Å². The average Bonchev–Trinajstić information content (AvgIpc) is 2.76. The molecule has 0 aromatic carbocycles. The van der Waals surface area contributed by atoms with Crippen molar-refractivity contribution in [1.29, 1.82) is 0 Å². The molecule has 0 heterocycles. The van der Waals surface area contributed by atoms with Crippen molar-refractivity contribution >= 4 is 0 Å². The fourth-order valence-corrected chi connectivity index (χ4v) is 2.97. The van der Waals surface area contributed by atoms with E-state index in [1.165, 1.54) is 32.5 Å². The van der Waals surface area contributed by atoms with Crippen molar-refractivity contribution in [3.8, 4) is 0 Å². The van der Waals surface area contributed by atoms with Crippen molar-refractivity contribution in [3.05, 3.63) is 12.2 Å². The minimum atomic E-state index is 0.900. The SMILES string of the molecule is CN(C)CCN(C)C[C@@H]1C[C@H]2C=C[C@@H]1C2. The molecule has 86 valence electrons. The van der Waals surface area contributed by atoms with Gasteiger partial charge in [-0.15, -0.1) is 0 Å². The number of nitrogens with zero attached hydrogens (tertiary/aromatic N) is 2. The van der Waals surface area contributed by atoms with Crippen LogP contribution in [-0.2, 0) is 0 Å². The van der Waals surface area contributed by atoms with E-state index in [1.54, 1.807) is 0 Å². The van der Waals surface area contributed by atoms with Gasteiger partial charge < -0.3 is 9.80 Å². The van der Waals surface area contributed by atoms with Gasteiger partial charge in [0.1, 0.15) is 0 Å². The number of hydrogen-bond acceptors (Lipinski definition) is 2. The molecule has 2 rings (SSSR count). The Bertz CT molecular complexity index is 235. The second-order valence-corrected chi connectivity index (χ2v) is 5.61. The lowest BCUT2D eigenvalue weighted by atomic mass is 9.93. The van der Waals surface area contributed by atoms with E-state index in [0.29, 0.717) is 0 Å². The molecule has 2 aliphatic rings. The van der Waals surface area contributed by atoms with E-state index in [1.807, 2.05) is 0 Å². The quantitative estimate of drug-likeness (QED) is 0.634. The van der Waals surface area contributed by atoms with Crippen LogP contribution in [0.2, 0.25) is 0 Å². The number of rotatable bonds is 5. The molecule has 1 fully saturated rings. The molecule has 0 radical (unpaired) electrons. The number of allylic oxidation sites excluding steroid dienone is 2. The van der Waals surface area contributed by atoms with Crippen molar-refractivity contribution < 1.29 is 0 Å². The van der Waals surface area contributed by atoms with Crippen molar-refractivity contribution in [3.63, 3.8) is 0 Å². The van der Waals surface area contributed by atoms with Crippen molar-refractivity contribution in [2.45, 2.75) is 12.8 Å². The Morgan fingerprint density at radius 1 is 1.07 bits per heavy atom. The fourth-order valence-electron chi connectivity index (χ4n) is 2.97. The molecule has 0 amide bonds. The Hall–Kier alpha value is -0.340. The summed E-state index contributed by atoms with van der Waals surface area (Å²) in [5.41, 5.74) is 0. The van der Waals surface area contributed by atoms with Gasteiger partial charge in [0, 0.05) is 19.6 Å². The van der Waals surface area contributed by atoms with Gasteiger partial charge in [0.2, 0.25) is 0 Å². The Balaban J connectivity index is 1.71. The standard InChI is InChI=1S/C13H24N2/c1-14(2)6-7-15(3)10-13-9-11-4-5-12(13)8-11/h4-5,11-13H,6-10H2,1-3H3/t11-,12+,13-/m0/s1. The molecule has 1 saturated carbocycles. The van der Waals surface area contributed by atoms with Crippen molar-refractivity contribution in [1.82, 2.24) is 9.80 Å². The van der Waals surface area contributed by atoms with E-state index < -0.39 is 0 Å². The van der Waals surface area contributed by atoms with Crippen LogP contribution in [-0.4, -0.2) is 50.6 Å². The molecular formula is C13H24N2. The van der Waals surface area contributed by atoms with E-state index in [0.717, 1.165) is 17.8 Å². The topological polar surface area (TPSA) is 6.48 Å². The maximum absolute atomic E-state index is 2.50. The summed E-state index contributed by atoms with van der Waals surface area (Å²) in [6.45, 7) is 3.66. The summed E-state index contributed by atoms with van der Waals surface area (Å²) < 4.78 is 0. The number of likely N-dealkylation sites (N-methyl/N-ethyl adjacent to an activating group) is 2. The lowest BCUT2D eigenvalue weighted by Gasteiger charge is -2.26. The van der Waals surface area contributed by atoms with Gasteiger partial charge in [0.05, 0.1) is 0 Å². The van der Waals surface area contributed by atoms with Gasteiger partial charge in [-0.2, -0.15) is 0 Å². The fraction of sp³-hybridized carbons (Fsp3) is 0.846. The molecule has 0 aromatic rings. The van der Waals surface area contributed by atoms with E-state index >= 15 is 0 Å². The van der Waals surface area contributed by atoms with Gasteiger partial charge in [0.25, 0.3) is 0 Å². The smallest absolute Gasteiger partial charge is 0.0106 e. The van der Waals surface area contributed by atoms with E-state index in [-0.39, 0.29) is 0 Å². The van der Waals surface area contributed by atoms with Crippen LogP contribution in [0.25, 0.3) is 0 Å². The predicted molar refractivity (Wildman–Crippen MR) is 64.9 cm³/mol. The van der Waals surface area contributed by atoms with Crippen molar-refractivity contribution in [2.75, 3.05) is 40.8 Å². The molecular weight excluding hydrogens is 184 g/mol. The zero-order chi connectivity index (χ0) is 10.8. The zero-order valence-electron chi connectivity index (χ0n) is 10.3. The van der Waals surface area contributed by atoms with Crippen LogP contribution in [0.5, 0.6) is 0 Å². The molecule has 2 heteroatoms. The molecule has 3 atom stereocenters. The highest BCUT2D eigenvalue weighted by atomic mass is 15.1. The van der Waals surface area contributed by atoms with Crippen LogP contribution in [0.1, 0.15) is 12.8 Å². The number of hydrogen-bond donors (Lipinski definition) is 0. The Morgan fingerprint density at radius 2 is 1.87 bits per heavy atom. The third-order valence-electron chi connectivity index (χ3n) is 3.89. The minimum Gasteiger partial charge on any atom is -0.308 e. The normalized spacial score (nSPS) is 33.5. The molecule has 0 N–H and O–H groups in total. The van der Waals surface area contributed by atoms with Crippen molar-refractivity contribution in [2.24, 2.45) is 17.8 Å². The first-order chi connectivity index (χ1) is 7.15. The average molecular weight is 208 g/mol. The Labute approximate surface area is 93.9 Å². The Morgan fingerprint density at radius 3 is 2.40 bits per heavy atom. The highest BCUT2D eigenvalue weighted by Crippen LogP contribution is 2.43. The van der Waals surface area contributed by atoms with Crippen LogP contribution in [0, 0.1) is 17.8 Å². The van der Waals surface area contributed by atoms with Crippen LogP contribution in [0.3, 0.4) is 0 Å².